The summed E-state index contributed by atoms with van der Waals surface area (Å²) in [7, 11) is 0. The minimum atomic E-state index is -0.109. The number of nitrogen functional groups attached to an aromatic ring is 1. The smallest absolute Gasteiger partial charge is 0.139 e. The molecule has 6 heteroatoms. The number of hydrogen-bond donors (Lipinski definition) is 3. The number of aliphatic hydroxyl groups is 1. The Balaban J connectivity index is 2.50. The van der Waals surface area contributed by atoms with E-state index in [9.17, 15) is 0 Å². The third-order valence-electron chi connectivity index (χ3n) is 2.67. The highest BCUT2D eigenvalue weighted by molar-refractivity contribution is 5.49. The summed E-state index contributed by atoms with van der Waals surface area (Å²) in [5.74, 6) is 1.19. The van der Waals surface area contributed by atoms with Gasteiger partial charge in [-0.15, -0.1) is 0 Å². The van der Waals surface area contributed by atoms with Gasteiger partial charge in [-0.1, -0.05) is 0 Å². The first kappa shape index (κ1) is 13.6. The van der Waals surface area contributed by atoms with Gasteiger partial charge in [-0.05, 0) is 20.8 Å². The normalized spacial score (nSPS) is 14.4. The summed E-state index contributed by atoms with van der Waals surface area (Å²) in [6.07, 6.45) is 1.97. The SMILES string of the molecule is CC(C)(C)Nc1nc(N)cc2c1=CN(CCO)CN=2. The maximum atomic E-state index is 9.01. The first-order valence-electron chi connectivity index (χ1n) is 6.35. The molecule has 2 heterocycles. The Morgan fingerprint density at radius 1 is 1.47 bits per heavy atom. The lowest BCUT2D eigenvalue weighted by molar-refractivity contribution is 0.247. The highest BCUT2D eigenvalue weighted by Gasteiger charge is 2.14. The van der Waals surface area contributed by atoms with Gasteiger partial charge < -0.3 is 21.1 Å². The first-order valence-corrected chi connectivity index (χ1v) is 6.35. The summed E-state index contributed by atoms with van der Waals surface area (Å²) in [6.45, 7) is 7.39. The monoisotopic (exact) mass is 263 g/mol. The highest BCUT2D eigenvalue weighted by Crippen LogP contribution is 2.09. The Morgan fingerprint density at radius 2 is 2.21 bits per heavy atom. The second-order valence-corrected chi connectivity index (χ2v) is 5.67. The van der Waals surface area contributed by atoms with Crippen molar-refractivity contribution in [3.05, 3.63) is 16.6 Å². The van der Waals surface area contributed by atoms with E-state index in [1.807, 2.05) is 11.1 Å². The van der Waals surface area contributed by atoms with Crippen molar-refractivity contribution in [1.82, 2.24) is 9.88 Å². The topological polar surface area (TPSA) is 86.8 Å². The van der Waals surface area contributed by atoms with Crippen LogP contribution in [0.1, 0.15) is 20.8 Å². The third kappa shape index (κ3) is 3.35. The fourth-order valence-corrected chi connectivity index (χ4v) is 1.92. The zero-order chi connectivity index (χ0) is 14.0. The molecule has 19 heavy (non-hydrogen) atoms. The van der Waals surface area contributed by atoms with Crippen LogP contribution in [0.4, 0.5) is 11.6 Å². The number of nitrogens with one attached hydrogen (secondary N) is 1. The Morgan fingerprint density at radius 3 is 2.84 bits per heavy atom. The van der Waals surface area contributed by atoms with Gasteiger partial charge in [0.1, 0.15) is 18.3 Å². The van der Waals surface area contributed by atoms with Crippen molar-refractivity contribution in [1.29, 1.82) is 0 Å². The molecule has 2 rings (SSSR count). The van der Waals surface area contributed by atoms with Crippen LogP contribution < -0.4 is 21.6 Å². The van der Waals surface area contributed by atoms with E-state index in [4.69, 9.17) is 10.8 Å². The molecular formula is C13H21N5O. The average molecular weight is 263 g/mol. The van der Waals surface area contributed by atoms with Gasteiger partial charge in [-0.3, -0.25) is 4.99 Å². The van der Waals surface area contributed by atoms with Gasteiger partial charge in [0, 0.05) is 24.4 Å². The molecule has 1 aromatic rings. The van der Waals surface area contributed by atoms with E-state index < -0.39 is 0 Å². The van der Waals surface area contributed by atoms with Gasteiger partial charge in [0.15, 0.2) is 0 Å². The Hall–Kier alpha value is -1.82. The number of nitrogens with two attached hydrogens (primary N) is 1. The number of hydrogen-bond acceptors (Lipinski definition) is 6. The number of rotatable bonds is 3. The predicted molar refractivity (Wildman–Crippen MR) is 75.9 cm³/mol. The van der Waals surface area contributed by atoms with Crippen LogP contribution in [0.5, 0.6) is 0 Å². The first-order chi connectivity index (χ1) is 8.89. The summed E-state index contributed by atoms with van der Waals surface area (Å²) >= 11 is 0. The zero-order valence-corrected chi connectivity index (χ0v) is 11.6. The average Bonchev–Trinajstić information content (AvgIpc) is 2.28. The number of aliphatic hydroxyl groups excluding tert-OH is 1. The molecule has 0 saturated heterocycles. The number of nitrogens with zero attached hydrogens (tertiary/aromatic N) is 3. The number of pyridine rings is 1. The molecule has 1 aromatic heterocycles. The van der Waals surface area contributed by atoms with E-state index in [2.05, 4.69) is 36.1 Å². The minimum absolute atomic E-state index is 0.103. The van der Waals surface area contributed by atoms with Crippen LogP contribution in [0, 0.1) is 0 Å². The maximum absolute atomic E-state index is 9.01. The number of fused-ring (bicyclic) bond motifs is 1. The van der Waals surface area contributed by atoms with Crippen molar-refractivity contribution in [3.8, 4) is 0 Å². The minimum Gasteiger partial charge on any atom is -0.395 e. The van der Waals surface area contributed by atoms with E-state index in [1.165, 1.54) is 0 Å². The summed E-state index contributed by atoms with van der Waals surface area (Å²) in [4.78, 5) is 10.8. The van der Waals surface area contributed by atoms with Gasteiger partial charge >= 0.3 is 0 Å². The molecule has 0 aliphatic carbocycles. The molecule has 0 radical (unpaired) electrons. The third-order valence-corrected chi connectivity index (χ3v) is 2.67. The zero-order valence-electron chi connectivity index (χ0n) is 11.6. The molecule has 0 aromatic carbocycles. The van der Waals surface area contributed by atoms with Crippen LogP contribution >= 0.6 is 0 Å². The molecule has 4 N–H and O–H groups in total. The quantitative estimate of drug-likeness (QED) is 0.684. The lowest BCUT2D eigenvalue weighted by Gasteiger charge is -2.24. The number of β-amino-alcohol motifs (C(OH)–C–C–N with tert-alkyl or cyclic N) is 1. The van der Waals surface area contributed by atoms with E-state index in [1.54, 1.807) is 6.07 Å². The largest absolute Gasteiger partial charge is 0.395 e. The molecule has 104 valence electrons. The van der Waals surface area contributed by atoms with Gasteiger partial charge in [0.25, 0.3) is 0 Å². The van der Waals surface area contributed by atoms with Crippen molar-refractivity contribution >= 4 is 17.8 Å². The number of aromatic nitrogens is 1. The lowest BCUT2D eigenvalue weighted by Crippen LogP contribution is -2.41. The van der Waals surface area contributed by atoms with Crippen LogP contribution in [0.25, 0.3) is 6.20 Å². The van der Waals surface area contributed by atoms with Crippen LogP contribution in [-0.2, 0) is 0 Å². The van der Waals surface area contributed by atoms with Crippen LogP contribution in [0.3, 0.4) is 0 Å². The van der Waals surface area contributed by atoms with E-state index in [0.29, 0.717) is 19.0 Å². The lowest BCUT2D eigenvalue weighted by atomic mass is 10.1. The summed E-state index contributed by atoms with van der Waals surface area (Å²) in [5.41, 5.74) is 5.71. The maximum Gasteiger partial charge on any atom is 0.139 e. The summed E-state index contributed by atoms with van der Waals surface area (Å²) in [6, 6.07) is 1.77. The molecule has 0 saturated carbocycles. The van der Waals surface area contributed by atoms with Gasteiger partial charge in [-0.2, -0.15) is 0 Å². The molecule has 0 unspecified atom stereocenters. The molecule has 0 bridgehead atoms. The molecular weight excluding hydrogens is 242 g/mol. The van der Waals surface area contributed by atoms with E-state index in [0.717, 1.165) is 16.4 Å². The molecule has 0 fully saturated rings. The molecule has 1 aliphatic rings. The van der Waals surface area contributed by atoms with Gasteiger partial charge in [-0.25, -0.2) is 4.98 Å². The molecule has 0 spiro atoms. The van der Waals surface area contributed by atoms with Gasteiger partial charge in [0.2, 0.25) is 0 Å². The van der Waals surface area contributed by atoms with E-state index >= 15 is 0 Å². The summed E-state index contributed by atoms with van der Waals surface area (Å²) in [5, 5.41) is 14.1. The van der Waals surface area contributed by atoms with Crippen LogP contribution in [-0.4, -0.2) is 40.3 Å². The van der Waals surface area contributed by atoms with Crippen LogP contribution in [0.2, 0.25) is 0 Å². The van der Waals surface area contributed by atoms with Crippen molar-refractivity contribution in [3.63, 3.8) is 0 Å². The second-order valence-electron chi connectivity index (χ2n) is 5.67. The Kier molecular flexibility index (Phi) is 3.61. The van der Waals surface area contributed by atoms with Crippen molar-refractivity contribution in [2.24, 2.45) is 4.99 Å². The second kappa shape index (κ2) is 5.05. The Bertz CT molecular complexity index is 576. The molecule has 0 atom stereocenters. The van der Waals surface area contributed by atoms with Crippen LogP contribution in [0.15, 0.2) is 11.1 Å². The molecule has 1 aliphatic heterocycles. The van der Waals surface area contributed by atoms with Crippen molar-refractivity contribution < 1.29 is 5.11 Å². The van der Waals surface area contributed by atoms with E-state index in [-0.39, 0.29) is 12.1 Å². The van der Waals surface area contributed by atoms with Crippen molar-refractivity contribution in [2.75, 3.05) is 30.9 Å². The standard InChI is InChI=1S/C13H21N5O/c1-13(2,3)17-12-9-7-18(4-5-19)8-15-10(9)6-11(14)16-12/h6-7,19H,4-5,8,14H2,1-3H3,(H,16,17). The van der Waals surface area contributed by atoms with Crippen molar-refractivity contribution in [2.45, 2.75) is 26.3 Å². The highest BCUT2D eigenvalue weighted by atomic mass is 16.3. The molecule has 6 nitrogen and oxygen atoms in total. The fourth-order valence-electron chi connectivity index (χ4n) is 1.92. The fraction of sp³-hybridized carbons (Fsp3) is 0.538. The predicted octanol–water partition coefficient (Wildman–Crippen LogP) is -0.503. The van der Waals surface area contributed by atoms with Gasteiger partial charge in [0.05, 0.1) is 17.2 Å². The Labute approximate surface area is 112 Å². The number of anilines is 2. The summed E-state index contributed by atoms with van der Waals surface area (Å²) < 4.78 is 0. The molecule has 0 amide bonds.